The van der Waals surface area contributed by atoms with Crippen LogP contribution in [0.25, 0.3) is 0 Å². The van der Waals surface area contributed by atoms with Crippen LogP contribution in [0.1, 0.15) is 12.8 Å². The van der Waals surface area contributed by atoms with Crippen LogP contribution < -0.4 is 10.6 Å². The van der Waals surface area contributed by atoms with Crippen LogP contribution in [0, 0.1) is 19.3 Å². The maximum Gasteiger partial charge on any atom is 0.229 e. The van der Waals surface area contributed by atoms with Crippen molar-refractivity contribution in [3.05, 3.63) is 7.43 Å². The molecule has 148 valence electrons. The van der Waals surface area contributed by atoms with Crippen LogP contribution in [0.15, 0.2) is 0 Å². The van der Waals surface area contributed by atoms with Gasteiger partial charge in [0, 0.05) is 70.8 Å². The Bertz CT molecular complexity index is 470. The summed E-state index contributed by atoms with van der Waals surface area (Å²) in [6.45, 7) is 7.81. The van der Waals surface area contributed by atoms with Gasteiger partial charge >= 0.3 is 0 Å². The summed E-state index contributed by atoms with van der Waals surface area (Å²) in [6.07, 6.45) is 1.54. The summed E-state index contributed by atoms with van der Waals surface area (Å²) >= 11 is 4.82. The molecule has 4 heterocycles. The lowest BCUT2D eigenvalue weighted by molar-refractivity contribution is -0.141. The second-order valence-electron chi connectivity index (χ2n) is 7.29. The van der Waals surface area contributed by atoms with Gasteiger partial charge in [0.2, 0.25) is 5.91 Å². The SMILES string of the molecule is C1CNCCN1.CN1CCN(C(=O)C2C(C(=O)[S-])[C@H]3CC[C@@H]2O3)CC1.[CH3+]. The minimum Gasteiger partial charge on any atom is -0.742 e. The quantitative estimate of drug-likeness (QED) is 0.480. The first-order chi connectivity index (χ1) is 12.1. The molecule has 2 bridgehead atoms. The zero-order chi connectivity index (χ0) is 17.8. The highest BCUT2D eigenvalue weighted by Crippen LogP contribution is 2.44. The maximum absolute atomic E-state index is 12.6. The molecule has 0 aromatic carbocycles. The Morgan fingerprint density at radius 3 is 1.88 bits per heavy atom. The van der Waals surface area contributed by atoms with Gasteiger partial charge in [-0.05, 0) is 19.9 Å². The molecule has 1 amide bonds. The lowest BCUT2D eigenvalue weighted by atomic mass is 9.79. The van der Waals surface area contributed by atoms with E-state index in [1.807, 2.05) is 4.90 Å². The first kappa shape index (κ1) is 21.4. The summed E-state index contributed by atoms with van der Waals surface area (Å²) in [5, 5.41) is 6.14. The number of hydrogen-bond donors (Lipinski definition) is 2. The van der Waals surface area contributed by atoms with Crippen molar-refractivity contribution in [3.63, 3.8) is 0 Å². The molecule has 4 saturated heterocycles. The molecule has 0 aromatic rings. The Morgan fingerprint density at radius 2 is 1.42 bits per heavy atom. The first-order valence-electron chi connectivity index (χ1n) is 9.33. The van der Waals surface area contributed by atoms with E-state index in [4.69, 9.17) is 17.4 Å². The topological polar surface area (TPSA) is 73.9 Å². The molecule has 4 fully saturated rings. The summed E-state index contributed by atoms with van der Waals surface area (Å²) < 4.78 is 5.75. The smallest absolute Gasteiger partial charge is 0.229 e. The number of fused-ring (bicyclic) bond motifs is 2. The van der Waals surface area contributed by atoms with Gasteiger partial charge < -0.3 is 42.6 Å². The Labute approximate surface area is 162 Å². The van der Waals surface area contributed by atoms with Crippen molar-refractivity contribution in [1.82, 2.24) is 20.4 Å². The summed E-state index contributed by atoms with van der Waals surface area (Å²) in [4.78, 5) is 28.4. The van der Waals surface area contributed by atoms with Crippen molar-refractivity contribution < 1.29 is 14.3 Å². The summed E-state index contributed by atoms with van der Waals surface area (Å²) in [5.41, 5.74) is 0. The van der Waals surface area contributed by atoms with E-state index in [1.165, 1.54) is 0 Å². The monoisotopic (exact) mass is 384 g/mol. The summed E-state index contributed by atoms with van der Waals surface area (Å²) in [7, 11) is 2.05. The molecular formula is C18H32N4O3S. The van der Waals surface area contributed by atoms with Gasteiger partial charge in [0.25, 0.3) is 0 Å². The van der Waals surface area contributed by atoms with Gasteiger partial charge in [-0.15, -0.1) is 0 Å². The van der Waals surface area contributed by atoms with Gasteiger partial charge in [-0.25, -0.2) is 0 Å². The van der Waals surface area contributed by atoms with Gasteiger partial charge in [0.05, 0.1) is 18.1 Å². The highest BCUT2D eigenvalue weighted by atomic mass is 32.1. The Balaban J connectivity index is 0.000000297. The van der Waals surface area contributed by atoms with Gasteiger partial charge in [0.15, 0.2) is 0 Å². The molecule has 7 nitrogen and oxygen atoms in total. The lowest BCUT2D eigenvalue weighted by Crippen LogP contribution is -2.52. The molecule has 0 aromatic heterocycles. The molecule has 0 saturated carbocycles. The number of ether oxygens (including phenoxy) is 1. The van der Waals surface area contributed by atoms with E-state index in [-0.39, 0.29) is 42.5 Å². The van der Waals surface area contributed by atoms with E-state index in [0.717, 1.165) is 65.2 Å². The molecular weight excluding hydrogens is 352 g/mol. The number of nitrogens with one attached hydrogen (secondary N) is 2. The normalized spacial score (nSPS) is 33.8. The number of carbonyl (C=O) groups excluding carboxylic acids is 2. The van der Waals surface area contributed by atoms with Crippen molar-refractivity contribution in [1.29, 1.82) is 0 Å². The molecule has 0 radical (unpaired) electrons. The second kappa shape index (κ2) is 9.85. The summed E-state index contributed by atoms with van der Waals surface area (Å²) in [5.74, 6) is -0.642. The minimum atomic E-state index is -0.388. The van der Waals surface area contributed by atoms with E-state index in [1.54, 1.807) is 0 Å². The third kappa shape index (κ3) is 4.86. The number of hydrogen-bond acceptors (Lipinski definition) is 7. The van der Waals surface area contributed by atoms with Crippen LogP contribution in [-0.2, 0) is 27.0 Å². The number of carbonyl (C=O) groups is 2. The van der Waals surface area contributed by atoms with Gasteiger partial charge in [0.1, 0.15) is 0 Å². The van der Waals surface area contributed by atoms with E-state index < -0.39 is 0 Å². The molecule has 0 aliphatic carbocycles. The molecule has 26 heavy (non-hydrogen) atoms. The lowest BCUT2D eigenvalue weighted by Gasteiger charge is -2.37. The van der Waals surface area contributed by atoms with Crippen LogP contribution in [0.3, 0.4) is 0 Å². The van der Waals surface area contributed by atoms with Crippen LogP contribution >= 0.6 is 0 Å². The van der Waals surface area contributed by atoms with Crippen molar-refractivity contribution in [2.75, 3.05) is 59.4 Å². The zero-order valence-electron chi connectivity index (χ0n) is 15.9. The van der Waals surface area contributed by atoms with E-state index in [0.29, 0.717) is 0 Å². The fraction of sp³-hybridized carbons (Fsp3) is 0.833. The van der Waals surface area contributed by atoms with E-state index in [9.17, 15) is 9.59 Å². The van der Waals surface area contributed by atoms with Crippen molar-refractivity contribution in [3.8, 4) is 0 Å². The van der Waals surface area contributed by atoms with E-state index >= 15 is 0 Å². The van der Waals surface area contributed by atoms with Crippen LogP contribution in [0.2, 0.25) is 0 Å². The number of amides is 1. The third-order valence-corrected chi connectivity index (χ3v) is 5.87. The van der Waals surface area contributed by atoms with Crippen molar-refractivity contribution >= 4 is 23.7 Å². The van der Waals surface area contributed by atoms with Crippen molar-refractivity contribution in [2.24, 2.45) is 11.8 Å². The highest BCUT2D eigenvalue weighted by Gasteiger charge is 2.53. The molecule has 4 aliphatic heterocycles. The predicted molar refractivity (Wildman–Crippen MR) is 103 cm³/mol. The largest absolute Gasteiger partial charge is 0.742 e. The second-order valence-corrected chi connectivity index (χ2v) is 7.69. The molecule has 2 unspecified atom stereocenters. The van der Waals surface area contributed by atoms with Crippen LogP contribution in [0.4, 0.5) is 0 Å². The number of likely N-dealkylation sites (N-methyl/N-ethyl adjacent to an activating group) is 1. The number of piperazine rings is 2. The van der Waals surface area contributed by atoms with Crippen LogP contribution in [-0.4, -0.2) is 92.4 Å². The summed E-state index contributed by atoms with van der Waals surface area (Å²) in [6, 6.07) is 0. The number of rotatable bonds is 2. The fourth-order valence-corrected chi connectivity index (χ4v) is 4.43. The van der Waals surface area contributed by atoms with Crippen LogP contribution in [0.5, 0.6) is 0 Å². The van der Waals surface area contributed by atoms with Gasteiger partial charge in [-0.3, -0.25) is 4.79 Å². The van der Waals surface area contributed by atoms with Gasteiger partial charge in [-0.2, -0.15) is 0 Å². The maximum atomic E-state index is 12.6. The molecule has 8 heteroatoms. The zero-order valence-corrected chi connectivity index (χ0v) is 16.7. The Morgan fingerprint density at radius 1 is 0.923 bits per heavy atom. The average Bonchev–Trinajstić information content (AvgIpc) is 3.25. The number of nitrogens with zero attached hydrogens (tertiary/aromatic N) is 2. The first-order valence-corrected chi connectivity index (χ1v) is 9.74. The third-order valence-electron chi connectivity index (χ3n) is 5.60. The van der Waals surface area contributed by atoms with Crippen molar-refractivity contribution in [2.45, 2.75) is 25.0 Å². The fourth-order valence-electron chi connectivity index (χ4n) is 4.13. The van der Waals surface area contributed by atoms with E-state index in [2.05, 4.69) is 22.6 Å². The Hall–Kier alpha value is -0.930. The molecule has 2 N–H and O–H groups in total. The molecule has 0 spiro atoms. The molecule has 4 rings (SSSR count). The molecule has 4 atom stereocenters. The average molecular weight is 385 g/mol. The molecule has 4 aliphatic rings. The minimum absolute atomic E-state index is 0. The highest BCUT2D eigenvalue weighted by molar-refractivity contribution is 7.77. The van der Waals surface area contributed by atoms with Gasteiger partial charge in [-0.1, -0.05) is 0 Å². The Kier molecular flexibility index (Phi) is 8.09. The standard InChI is InChI=1S/C13H20N2O3S.C4H10N2.CH3/c1-14-4-6-15(7-5-14)12(16)10-8-2-3-9(18-8)11(10)13(17)19;1-2-6-4-3-5-1;/h8-11H,2-7H2,1H3,(H,17,19);5-6H,1-4H2;1H3/q;;+1/p-1/t8-,9+,10?,11?;;/m0../s1. The predicted octanol–water partition coefficient (Wildman–Crippen LogP) is -0.743.